The lowest BCUT2D eigenvalue weighted by Crippen LogP contribution is -2.40. The van der Waals surface area contributed by atoms with Crippen molar-refractivity contribution in [3.8, 4) is 0 Å². The number of hydrogen-bond acceptors (Lipinski definition) is 3. The van der Waals surface area contributed by atoms with Crippen molar-refractivity contribution >= 4 is 18.0 Å². The minimum absolute atomic E-state index is 0.233. The Hall–Kier alpha value is -2.57. The lowest BCUT2D eigenvalue weighted by Gasteiger charge is -2.16. The third-order valence-electron chi connectivity index (χ3n) is 3.49. The SMILES string of the molecule is CNC(=O)NCc1ccc(CN2C(=O)NC(C)(C)C2=O)cc1. The number of carbonyl (C=O) groups is 3. The summed E-state index contributed by atoms with van der Waals surface area (Å²) in [5.74, 6) is -0.233. The van der Waals surface area contributed by atoms with Crippen molar-refractivity contribution in [2.24, 2.45) is 0 Å². The molecule has 5 amide bonds. The maximum Gasteiger partial charge on any atom is 0.325 e. The van der Waals surface area contributed by atoms with Gasteiger partial charge in [-0.05, 0) is 25.0 Å². The van der Waals surface area contributed by atoms with Gasteiger partial charge in [-0.3, -0.25) is 9.69 Å². The topological polar surface area (TPSA) is 90.5 Å². The third kappa shape index (κ3) is 3.36. The van der Waals surface area contributed by atoms with E-state index in [0.29, 0.717) is 6.54 Å². The number of carbonyl (C=O) groups excluding carboxylic acids is 3. The first-order valence-electron chi connectivity index (χ1n) is 7.01. The van der Waals surface area contributed by atoms with Gasteiger partial charge in [-0.2, -0.15) is 0 Å². The number of rotatable bonds is 4. The highest BCUT2D eigenvalue weighted by molar-refractivity contribution is 6.06. The summed E-state index contributed by atoms with van der Waals surface area (Å²) in [5.41, 5.74) is 0.934. The molecule has 0 aliphatic carbocycles. The number of urea groups is 2. The van der Waals surface area contributed by atoms with Crippen LogP contribution in [0.1, 0.15) is 25.0 Å². The van der Waals surface area contributed by atoms with Crippen molar-refractivity contribution in [1.82, 2.24) is 20.9 Å². The molecule has 1 aliphatic heterocycles. The van der Waals surface area contributed by atoms with Gasteiger partial charge in [0.25, 0.3) is 5.91 Å². The van der Waals surface area contributed by atoms with Crippen LogP contribution in [0.2, 0.25) is 0 Å². The van der Waals surface area contributed by atoms with Crippen molar-refractivity contribution < 1.29 is 14.4 Å². The first-order valence-corrected chi connectivity index (χ1v) is 7.01. The predicted molar refractivity (Wildman–Crippen MR) is 80.9 cm³/mol. The molecule has 1 heterocycles. The lowest BCUT2D eigenvalue weighted by molar-refractivity contribution is -0.130. The Kier molecular flexibility index (Phi) is 4.35. The fraction of sp³-hybridized carbons (Fsp3) is 0.400. The van der Waals surface area contributed by atoms with Crippen LogP contribution in [0.15, 0.2) is 24.3 Å². The normalized spacial score (nSPS) is 16.4. The van der Waals surface area contributed by atoms with Gasteiger partial charge in [-0.1, -0.05) is 24.3 Å². The fourth-order valence-electron chi connectivity index (χ4n) is 2.18. The van der Waals surface area contributed by atoms with Crippen molar-refractivity contribution in [2.45, 2.75) is 32.5 Å². The van der Waals surface area contributed by atoms with Gasteiger partial charge in [-0.15, -0.1) is 0 Å². The van der Waals surface area contributed by atoms with Gasteiger partial charge in [0, 0.05) is 13.6 Å². The first kappa shape index (κ1) is 15.8. The van der Waals surface area contributed by atoms with Gasteiger partial charge >= 0.3 is 12.1 Å². The monoisotopic (exact) mass is 304 g/mol. The maximum absolute atomic E-state index is 12.1. The summed E-state index contributed by atoms with van der Waals surface area (Å²) in [4.78, 5) is 36.2. The molecule has 1 saturated heterocycles. The van der Waals surface area contributed by atoms with Crippen LogP contribution in [0, 0.1) is 0 Å². The van der Waals surface area contributed by atoms with E-state index in [2.05, 4.69) is 16.0 Å². The molecule has 2 rings (SSSR count). The quantitative estimate of drug-likeness (QED) is 0.723. The number of hydrogen-bond donors (Lipinski definition) is 3. The Morgan fingerprint density at radius 2 is 1.77 bits per heavy atom. The molecule has 0 radical (unpaired) electrons. The van der Waals surface area contributed by atoms with Gasteiger partial charge in [0.05, 0.1) is 6.54 Å². The average Bonchev–Trinajstić information content (AvgIpc) is 2.68. The van der Waals surface area contributed by atoms with E-state index < -0.39 is 5.54 Å². The Labute approximate surface area is 129 Å². The summed E-state index contributed by atoms with van der Waals surface area (Å²) in [6.45, 7) is 4.01. The van der Waals surface area contributed by atoms with Crippen LogP contribution in [0.3, 0.4) is 0 Å². The molecular formula is C15H20N4O3. The molecule has 7 heteroatoms. The second-order valence-electron chi connectivity index (χ2n) is 5.70. The molecule has 0 saturated carbocycles. The van der Waals surface area contributed by atoms with Crippen molar-refractivity contribution in [3.05, 3.63) is 35.4 Å². The molecule has 1 aromatic carbocycles. The van der Waals surface area contributed by atoms with Crippen LogP contribution in [0.4, 0.5) is 9.59 Å². The summed E-state index contributed by atoms with van der Waals surface area (Å²) in [7, 11) is 1.55. The molecule has 118 valence electrons. The van der Waals surface area contributed by atoms with Crippen LogP contribution < -0.4 is 16.0 Å². The highest BCUT2D eigenvalue weighted by Gasteiger charge is 2.43. The molecule has 0 atom stereocenters. The minimum atomic E-state index is -0.853. The van der Waals surface area contributed by atoms with Gasteiger partial charge < -0.3 is 16.0 Å². The number of imide groups is 1. The molecule has 1 aliphatic rings. The van der Waals surface area contributed by atoms with E-state index in [9.17, 15) is 14.4 Å². The second kappa shape index (κ2) is 6.05. The van der Waals surface area contributed by atoms with Gasteiger partial charge in [0.1, 0.15) is 5.54 Å². The minimum Gasteiger partial charge on any atom is -0.341 e. The zero-order valence-electron chi connectivity index (χ0n) is 12.9. The highest BCUT2D eigenvalue weighted by Crippen LogP contribution is 2.19. The van der Waals surface area contributed by atoms with E-state index in [4.69, 9.17) is 0 Å². The largest absolute Gasteiger partial charge is 0.341 e. The van der Waals surface area contributed by atoms with Crippen LogP contribution in [0.25, 0.3) is 0 Å². The molecule has 1 aromatic rings. The van der Waals surface area contributed by atoms with Crippen LogP contribution in [-0.4, -0.2) is 35.5 Å². The molecule has 0 spiro atoms. The number of amides is 5. The third-order valence-corrected chi connectivity index (χ3v) is 3.49. The molecule has 7 nitrogen and oxygen atoms in total. The molecule has 0 aromatic heterocycles. The summed E-state index contributed by atoms with van der Waals surface area (Å²) < 4.78 is 0. The predicted octanol–water partition coefficient (Wildman–Crippen LogP) is 0.946. The van der Waals surface area contributed by atoms with Crippen LogP contribution in [0.5, 0.6) is 0 Å². The van der Waals surface area contributed by atoms with Crippen LogP contribution in [-0.2, 0) is 17.9 Å². The summed E-state index contributed by atoms with van der Waals surface area (Å²) in [5, 5.41) is 7.81. The smallest absolute Gasteiger partial charge is 0.325 e. The van der Waals surface area contributed by atoms with Crippen molar-refractivity contribution in [1.29, 1.82) is 0 Å². The second-order valence-corrected chi connectivity index (χ2v) is 5.70. The highest BCUT2D eigenvalue weighted by atomic mass is 16.2. The lowest BCUT2D eigenvalue weighted by atomic mass is 10.1. The summed E-state index contributed by atoms with van der Waals surface area (Å²) in [6, 6.07) is 6.77. The molecule has 1 fully saturated rings. The van der Waals surface area contributed by atoms with Crippen LogP contribution >= 0.6 is 0 Å². The Morgan fingerprint density at radius 3 is 2.27 bits per heavy atom. The number of nitrogens with one attached hydrogen (secondary N) is 3. The van der Waals surface area contributed by atoms with Crippen molar-refractivity contribution in [2.75, 3.05) is 7.05 Å². The van der Waals surface area contributed by atoms with E-state index in [0.717, 1.165) is 11.1 Å². The first-order chi connectivity index (χ1) is 10.3. The summed E-state index contributed by atoms with van der Waals surface area (Å²) >= 11 is 0. The Morgan fingerprint density at radius 1 is 1.18 bits per heavy atom. The van der Waals surface area contributed by atoms with Gasteiger partial charge in [-0.25, -0.2) is 9.59 Å². The zero-order chi connectivity index (χ0) is 16.3. The summed E-state index contributed by atoms with van der Waals surface area (Å²) in [6.07, 6.45) is 0. The van der Waals surface area contributed by atoms with E-state index in [1.165, 1.54) is 4.90 Å². The standard InChI is InChI=1S/C15H20N4O3/c1-15(2)12(20)19(14(22)18-15)9-11-6-4-10(5-7-11)8-17-13(21)16-3/h4-7H,8-9H2,1-3H3,(H,18,22)(H2,16,17,21). The maximum atomic E-state index is 12.1. The van der Waals surface area contributed by atoms with E-state index >= 15 is 0 Å². The zero-order valence-corrected chi connectivity index (χ0v) is 12.9. The van der Waals surface area contributed by atoms with Gasteiger partial charge in [0.15, 0.2) is 0 Å². The van der Waals surface area contributed by atoms with E-state index in [1.54, 1.807) is 20.9 Å². The van der Waals surface area contributed by atoms with Crippen molar-refractivity contribution in [3.63, 3.8) is 0 Å². The molecular weight excluding hydrogens is 284 g/mol. The molecule has 0 unspecified atom stereocenters. The van der Waals surface area contributed by atoms with E-state index in [-0.39, 0.29) is 24.5 Å². The fourth-order valence-corrected chi connectivity index (χ4v) is 2.18. The van der Waals surface area contributed by atoms with Gasteiger partial charge in [0.2, 0.25) is 0 Å². The number of nitrogens with zero attached hydrogens (tertiary/aromatic N) is 1. The Balaban J connectivity index is 1.98. The molecule has 0 bridgehead atoms. The Bertz CT molecular complexity index is 595. The molecule has 3 N–H and O–H groups in total. The van der Waals surface area contributed by atoms with E-state index in [1.807, 2.05) is 24.3 Å². The molecule has 22 heavy (non-hydrogen) atoms. The average molecular weight is 304 g/mol. The number of benzene rings is 1.